The van der Waals surface area contributed by atoms with Crippen molar-refractivity contribution in [3.63, 3.8) is 0 Å². The van der Waals surface area contributed by atoms with Crippen LogP contribution in [0.3, 0.4) is 0 Å². The molecule has 2 nitrogen and oxygen atoms in total. The van der Waals surface area contributed by atoms with Crippen LogP contribution in [0.25, 0.3) is 12.2 Å². The van der Waals surface area contributed by atoms with Gasteiger partial charge in [-0.05, 0) is 39.7 Å². The van der Waals surface area contributed by atoms with Gasteiger partial charge in [-0.15, -0.1) is 0 Å². The summed E-state index contributed by atoms with van der Waals surface area (Å²) >= 11 is 3.43. The zero-order valence-electron chi connectivity index (χ0n) is 10.5. The molecule has 0 aliphatic rings. The number of pyridine rings is 1. The first-order chi connectivity index (χ1) is 8.66. The lowest BCUT2D eigenvalue weighted by atomic mass is 10.1. The van der Waals surface area contributed by atoms with Gasteiger partial charge in [-0.1, -0.05) is 30.4 Å². The Morgan fingerprint density at radius 3 is 2.39 bits per heavy atom. The quantitative estimate of drug-likeness (QED) is 0.794. The molecule has 18 heavy (non-hydrogen) atoms. The fraction of sp³-hybridized carbons (Fsp3) is 0.133. The van der Waals surface area contributed by atoms with Gasteiger partial charge in [0.2, 0.25) is 0 Å². The smallest absolute Gasteiger partial charge is 0.113 e. The second-order valence-electron chi connectivity index (χ2n) is 4.20. The van der Waals surface area contributed by atoms with Crippen LogP contribution < -0.4 is 4.90 Å². The predicted molar refractivity (Wildman–Crippen MR) is 81.6 cm³/mol. The molecule has 0 atom stereocenters. The van der Waals surface area contributed by atoms with Crippen molar-refractivity contribution in [2.24, 2.45) is 0 Å². The van der Waals surface area contributed by atoms with Gasteiger partial charge in [0, 0.05) is 31.5 Å². The molecular formula is C15H15BrN2. The number of hydrogen-bond donors (Lipinski definition) is 0. The number of hydrogen-bond acceptors (Lipinski definition) is 2. The van der Waals surface area contributed by atoms with Crippen LogP contribution in [0.1, 0.15) is 11.1 Å². The highest BCUT2D eigenvalue weighted by molar-refractivity contribution is 9.10. The largest absolute Gasteiger partial charge is 0.378 e. The molecule has 92 valence electrons. The summed E-state index contributed by atoms with van der Waals surface area (Å²) < 4.78 is 0.867. The third kappa shape index (κ3) is 3.20. The van der Waals surface area contributed by atoms with Gasteiger partial charge >= 0.3 is 0 Å². The van der Waals surface area contributed by atoms with Crippen LogP contribution in [-0.2, 0) is 0 Å². The summed E-state index contributed by atoms with van der Waals surface area (Å²) in [5, 5.41) is 0. The van der Waals surface area contributed by atoms with Crippen molar-refractivity contribution in [3.8, 4) is 0 Å². The van der Waals surface area contributed by atoms with Crippen molar-refractivity contribution < 1.29 is 0 Å². The van der Waals surface area contributed by atoms with E-state index in [-0.39, 0.29) is 0 Å². The molecule has 0 bridgehead atoms. The van der Waals surface area contributed by atoms with Gasteiger partial charge in [-0.2, -0.15) is 0 Å². The standard InChI is InChI=1S/C15H15BrN2/c1-18(2)14-9-6-12(7-10-14)5-8-13-4-3-11-17-15(13)16/h3-11H,1-2H3. The van der Waals surface area contributed by atoms with Crippen molar-refractivity contribution in [2.75, 3.05) is 19.0 Å². The predicted octanol–water partition coefficient (Wildman–Crippen LogP) is 4.08. The molecule has 0 amide bonds. The molecule has 0 unspecified atom stereocenters. The highest BCUT2D eigenvalue weighted by Gasteiger charge is 1.96. The van der Waals surface area contributed by atoms with Gasteiger partial charge in [-0.25, -0.2) is 4.98 Å². The topological polar surface area (TPSA) is 16.1 Å². The summed E-state index contributed by atoms with van der Waals surface area (Å²) in [5.74, 6) is 0. The summed E-state index contributed by atoms with van der Waals surface area (Å²) in [5.41, 5.74) is 3.46. The minimum Gasteiger partial charge on any atom is -0.378 e. The van der Waals surface area contributed by atoms with Crippen molar-refractivity contribution >= 4 is 33.8 Å². The molecule has 0 saturated heterocycles. The van der Waals surface area contributed by atoms with E-state index in [1.165, 1.54) is 11.3 Å². The Kier molecular flexibility index (Phi) is 4.15. The van der Waals surface area contributed by atoms with Crippen LogP contribution in [0.15, 0.2) is 47.2 Å². The Balaban J connectivity index is 2.17. The molecular weight excluding hydrogens is 288 g/mol. The SMILES string of the molecule is CN(C)c1ccc(C=Cc2cccnc2Br)cc1. The average molecular weight is 303 g/mol. The van der Waals surface area contributed by atoms with E-state index in [4.69, 9.17) is 0 Å². The lowest BCUT2D eigenvalue weighted by Gasteiger charge is -2.11. The molecule has 1 aromatic carbocycles. The zero-order valence-corrected chi connectivity index (χ0v) is 12.1. The first-order valence-corrected chi connectivity index (χ1v) is 6.52. The van der Waals surface area contributed by atoms with Crippen LogP contribution in [0.4, 0.5) is 5.69 Å². The van der Waals surface area contributed by atoms with Crippen molar-refractivity contribution in [3.05, 3.63) is 58.3 Å². The van der Waals surface area contributed by atoms with Crippen LogP contribution in [0.5, 0.6) is 0 Å². The molecule has 0 saturated carbocycles. The first-order valence-electron chi connectivity index (χ1n) is 5.73. The molecule has 2 aromatic rings. The van der Waals surface area contributed by atoms with Crippen LogP contribution >= 0.6 is 15.9 Å². The number of rotatable bonds is 3. The van der Waals surface area contributed by atoms with Crippen LogP contribution in [0.2, 0.25) is 0 Å². The number of benzene rings is 1. The minimum absolute atomic E-state index is 0.867. The fourth-order valence-corrected chi connectivity index (χ4v) is 1.97. The third-order valence-corrected chi connectivity index (χ3v) is 3.32. The second-order valence-corrected chi connectivity index (χ2v) is 4.95. The second kappa shape index (κ2) is 5.83. The van der Waals surface area contributed by atoms with Crippen molar-refractivity contribution in [2.45, 2.75) is 0 Å². The van der Waals surface area contributed by atoms with Gasteiger partial charge in [0.05, 0.1) is 0 Å². The van der Waals surface area contributed by atoms with Crippen LogP contribution in [0, 0.1) is 0 Å². The van der Waals surface area contributed by atoms with E-state index in [9.17, 15) is 0 Å². The summed E-state index contributed by atoms with van der Waals surface area (Å²) in [4.78, 5) is 6.28. The van der Waals surface area contributed by atoms with Gasteiger partial charge in [0.15, 0.2) is 0 Å². The van der Waals surface area contributed by atoms with E-state index in [1.807, 2.05) is 26.2 Å². The molecule has 0 aliphatic carbocycles. The number of aromatic nitrogens is 1. The molecule has 0 spiro atoms. The molecule has 3 heteroatoms. The molecule has 1 heterocycles. The maximum atomic E-state index is 4.19. The lowest BCUT2D eigenvalue weighted by molar-refractivity contribution is 1.13. The lowest BCUT2D eigenvalue weighted by Crippen LogP contribution is -2.07. The summed E-state index contributed by atoms with van der Waals surface area (Å²) in [7, 11) is 4.08. The summed E-state index contributed by atoms with van der Waals surface area (Å²) in [6.45, 7) is 0. The third-order valence-electron chi connectivity index (χ3n) is 2.65. The Labute approximate surface area is 116 Å². The highest BCUT2D eigenvalue weighted by Crippen LogP contribution is 2.17. The molecule has 2 rings (SSSR count). The Bertz CT molecular complexity index is 545. The number of anilines is 1. The van der Waals surface area contributed by atoms with Gasteiger partial charge in [0.1, 0.15) is 4.60 Å². The van der Waals surface area contributed by atoms with Gasteiger partial charge in [0.25, 0.3) is 0 Å². The average Bonchev–Trinajstić information content (AvgIpc) is 2.38. The summed E-state index contributed by atoms with van der Waals surface area (Å²) in [6.07, 6.45) is 5.91. The van der Waals surface area contributed by atoms with E-state index in [0.29, 0.717) is 0 Å². The zero-order chi connectivity index (χ0) is 13.0. The van der Waals surface area contributed by atoms with E-state index >= 15 is 0 Å². The monoisotopic (exact) mass is 302 g/mol. The molecule has 0 radical (unpaired) electrons. The Hall–Kier alpha value is -1.61. The first kappa shape index (κ1) is 12.8. The number of halogens is 1. The van der Waals surface area contributed by atoms with E-state index in [2.05, 4.69) is 62.2 Å². The molecule has 0 fully saturated rings. The van der Waals surface area contributed by atoms with Gasteiger partial charge in [-0.3, -0.25) is 0 Å². The van der Waals surface area contributed by atoms with E-state index in [0.717, 1.165) is 10.2 Å². The van der Waals surface area contributed by atoms with Gasteiger partial charge < -0.3 is 4.90 Å². The summed E-state index contributed by atoms with van der Waals surface area (Å²) in [6, 6.07) is 12.4. The Morgan fingerprint density at radius 1 is 1.06 bits per heavy atom. The van der Waals surface area contributed by atoms with Crippen molar-refractivity contribution in [1.82, 2.24) is 4.98 Å². The minimum atomic E-state index is 0.867. The molecule has 1 aromatic heterocycles. The maximum Gasteiger partial charge on any atom is 0.113 e. The van der Waals surface area contributed by atoms with E-state index < -0.39 is 0 Å². The molecule has 0 aliphatic heterocycles. The number of nitrogens with zero attached hydrogens (tertiary/aromatic N) is 2. The fourth-order valence-electron chi connectivity index (χ4n) is 1.59. The maximum absolute atomic E-state index is 4.19. The van der Waals surface area contributed by atoms with E-state index in [1.54, 1.807) is 6.20 Å². The van der Waals surface area contributed by atoms with Crippen molar-refractivity contribution in [1.29, 1.82) is 0 Å². The highest BCUT2D eigenvalue weighted by atomic mass is 79.9. The normalized spacial score (nSPS) is 10.8. The Morgan fingerprint density at radius 2 is 1.78 bits per heavy atom. The van der Waals surface area contributed by atoms with Crippen LogP contribution in [-0.4, -0.2) is 19.1 Å². The molecule has 0 N–H and O–H groups in total.